The lowest BCUT2D eigenvalue weighted by Gasteiger charge is -1.97. The normalized spacial score (nSPS) is 9.94. The zero-order valence-corrected chi connectivity index (χ0v) is 10.6. The van der Waals surface area contributed by atoms with Crippen LogP contribution < -0.4 is 5.32 Å². The monoisotopic (exact) mass is 263 g/mol. The van der Waals surface area contributed by atoms with Crippen molar-refractivity contribution in [1.29, 1.82) is 0 Å². The number of nitrogens with zero attached hydrogens (tertiary/aromatic N) is 2. The molecule has 0 radical (unpaired) electrons. The highest BCUT2D eigenvalue weighted by Gasteiger charge is 2.11. The zero-order chi connectivity index (χ0) is 12.3. The second kappa shape index (κ2) is 5.11. The Labute approximate surface area is 108 Å². The summed E-state index contributed by atoms with van der Waals surface area (Å²) >= 11 is 6.58. The van der Waals surface area contributed by atoms with Gasteiger partial charge in [-0.2, -0.15) is 0 Å². The smallest absolute Gasteiger partial charge is 0.223 e. The minimum atomic E-state index is -0.168. The maximum absolute atomic E-state index is 10.9. The Balaban J connectivity index is 2.21. The van der Waals surface area contributed by atoms with Gasteiger partial charge in [-0.15, -0.1) is 10.2 Å². The summed E-state index contributed by atoms with van der Waals surface area (Å²) in [6, 6.07) is 9.59. The van der Waals surface area contributed by atoms with Gasteiger partial charge in [-0.05, 0) is 5.56 Å². The summed E-state index contributed by atoms with van der Waals surface area (Å²) in [6.45, 7) is 1.43. The van der Waals surface area contributed by atoms with Crippen LogP contribution in [0.15, 0.2) is 30.3 Å². The molecule has 0 atom stereocenters. The molecule has 1 aromatic heterocycles. The summed E-state index contributed by atoms with van der Waals surface area (Å²) in [6.07, 6.45) is 0. The highest BCUT2D eigenvalue weighted by atomic mass is 32.1. The van der Waals surface area contributed by atoms with Gasteiger partial charge in [0.05, 0.1) is 4.86 Å². The maximum Gasteiger partial charge on any atom is 0.223 e. The summed E-state index contributed by atoms with van der Waals surface area (Å²) in [5, 5.41) is 11.5. The molecule has 4 nitrogen and oxygen atoms in total. The maximum atomic E-state index is 10.9. The second-order valence-corrected chi connectivity index (χ2v) is 4.67. The molecule has 6 heteroatoms. The van der Waals surface area contributed by atoms with E-state index in [4.69, 9.17) is 12.2 Å². The van der Waals surface area contributed by atoms with Gasteiger partial charge in [0.1, 0.15) is 0 Å². The molecule has 0 aliphatic heterocycles. The largest absolute Gasteiger partial charge is 0.301 e. The van der Waals surface area contributed by atoms with Gasteiger partial charge < -0.3 is 5.32 Å². The van der Waals surface area contributed by atoms with Crippen LogP contribution in [0.5, 0.6) is 0 Å². The third kappa shape index (κ3) is 2.92. The molecule has 2 aromatic rings. The number of amides is 1. The van der Waals surface area contributed by atoms with Crippen molar-refractivity contribution in [2.24, 2.45) is 0 Å². The number of rotatable bonds is 3. The Bertz CT molecular complexity index is 551. The molecule has 1 aromatic carbocycles. The molecule has 86 valence electrons. The first-order valence-electron chi connectivity index (χ1n) is 4.87. The van der Waals surface area contributed by atoms with E-state index in [1.807, 2.05) is 30.3 Å². The van der Waals surface area contributed by atoms with Gasteiger partial charge in [-0.3, -0.25) is 4.79 Å². The average molecular weight is 263 g/mol. The number of hydrogen-bond acceptors (Lipinski definition) is 5. The van der Waals surface area contributed by atoms with E-state index < -0.39 is 0 Å². The number of nitrogens with one attached hydrogen (secondary N) is 1. The fourth-order valence-electron chi connectivity index (χ4n) is 1.23. The Morgan fingerprint density at radius 1 is 1.29 bits per heavy atom. The standard InChI is InChI=1S/C11H9N3OS2/c1-7(15)12-11-14-13-10(17-11)9(16)8-5-3-2-4-6-8/h2-6H,1H3,(H,12,14,15). The predicted octanol–water partition coefficient (Wildman–Crippen LogP) is 2.26. The summed E-state index contributed by atoms with van der Waals surface area (Å²) in [4.78, 5) is 11.5. The lowest BCUT2D eigenvalue weighted by Crippen LogP contribution is -2.04. The Kier molecular flexibility index (Phi) is 3.55. The van der Waals surface area contributed by atoms with E-state index in [-0.39, 0.29) is 5.91 Å². The molecule has 2 rings (SSSR count). The van der Waals surface area contributed by atoms with Crippen molar-refractivity contribution in [2.75, 3.05) is 5.32 Å². The van der Waals surface area contributed by atoms with Crippen molar-refractivity contribution in [3.8, 4) is 0 Å². The van der Waals surface area contributed by atoms with E-state index in [1.165, 1.54) is 18.3 Å². The summed E-state index contributed by atoms with van der Waals surface area (Å²) < 4.78 is 0. The first-order valence-corrected chi connectivity index (χ1v) is 6.10. The van der Waals surface area contributed by atoms with Crippen LogP contribution in [-0.2, 0) is 4.79 Å². The molecule has 0 unspecified atom stereocenters. The quantitative estimate of drug-likeness (QED) is 0.681. The highest BCUT2D eigenvalue weighted by molar-refractivity contribution is 7.81. The fraction of sp³-hybridized carbons (Fsp3) is 0.0909. The first-order chi connectivity index (χ1) is 8.16. The van der Waals surface area contributed by atoms with Gasteiger partial charge in [0.25, 0.3) is 0 Å². The Morgan fingerprint density at radius 2 is 2.00 bits per heavy atom. The van der Waals surface area contributed by atoms with Crippen LogP contribution >= 0.6 is 23.6 Å². The molecule has 0 saturated carbocycles. The number of benzene rings is 1. The van der Waals surface area contributed by atoms with E-state index in [2.05, 4.69) is 15.5 Å². The number of aromatic nitrogens is 2. The topological polar surface area (TPSA) is 54.9 Å². The van der Waals surface area contributed by atoms with Crippen LogP contribution in [0, 0.1) is 0 Å². The molecule has 0 aliphatic rings. The summed E-state index contributed by atoms with van der Waals surface area (Å²) in [5.41, 5.74) is 0.924. The van der Waals surface area contributed by atoms with Crippen molar-refractivity contribution >= 4 is 39.5 Å². The van der Waals surface area contributed by atoms with Crippen LogP contribution in [0.1, 0.15) is 17.5 Å². The van der Waals surface area contributed by atoms with Crippen molar-refractivity contribution in [3.63, 3.8) is 0 Å². The molecule has 0 spiro atoms. The van der Waals surface area contributed by atoms with Crippen molar-refractivity contribution in [1.82, 2.24) is 10.2 Å². The number of carbonyl (C=O) groups is 1. The van der Waals surface area contributed by atoms with Gasteiger partial charge in [-0.25, -0.2) is 0 Å². The second-order valence-electron chi connectivity index (χ2n) is 3.29. The van der Waals surface area contributed by atoms with Crippen LogP contribution in [0.25, 0.3) is 0 Å². The molecule has 0 saturated heterocycles. The number of thiocarbonyl (C=S) groups is 1. The van der Waals surface area contributed by atoms with Gasteiger partial charge >= 0.3 is 0 Å². The van der Waals surface area contributed by atoms with Crippen molar-refractivity contribution < 1.29 is 4.79 Å². The molecular weight excluding hydrogens is 254 g/mol. The molecule has 1 N–H and O–H groups in total. The third-order valence-electron chi connectivity index (χ3n) is 1.94. The van der Waals surface area contributed by atoms with Gasteiger partial charge in [0.15, 0.2) is 5.01 Å². The number of carbonyl (C=O) groups excluding carboxylic acids is 1. The minimum absolute atomic E-state index is 0.168. The van der Waals surface area contributed by atoms with Crippen LogP contribution in [0.2, 0.25) is 0 Å². The summed E-state index contributed by atoms with van der Waals surface area (Å²) in [5.74, 6) is -0.168. The molecule has 17 heavy (non-hydrogen) atoms. The molecule has 0 aliphatic carbocycles. The lowest BCUT2D eigenvalue weighted by atomic mass is 10.2. The van der Waals surface area contributed by atoms with Crippen molar-refractivity contribution in [3.05, 3.63) is 40.9 Å². The Morgan fingerprint density at radius 3 is 2.65 bits per heavy atom. The summed E-state index contributed by atoms with van der Waals surface area (Å²) in [7, 11) is 0. The van der Waals surface area contributed by atoms with E-state index in [0.29, 0.717) is 15.0 Å². The van der Waals surface area contributed by atoms with E-state index in [9.17, 15) is 4.79 Å². The van der Waals surface area contributed by atoms with Crippen LogP contribution in [0.3, 0.4) is 0 Å². The predicted molar refractivity (Wildman–Crippen MR) is 71.5 cm³/mol. The van der Waals surface area contributed by atoms with E-state index >= 15 is 0 Å². The molecular formula is C11H9N3OS2. The average Bonchev–Trinajstić information content (AvgIpc) is 2.77. The first kappa shape index (κ1) is 11.8. The van der Waals surface area contributed by atoms with E-state index in [0.717, 1.165) is 5.56 Å². The third-order valence-corrected chi connectivity index (χ3v) is 3.35. The highest BCUT2D eigenvalue weighted by Crippen LogP contribution is 2.19. The minimum Gasteiger partial charge on any atom is -0.301 e. The lowest BCUT2D eigenvalue weighted by molar-refractivity contribution is -0.114. The number of anilines is 1. The fourth-order valence-corrected chi connectivity index (χ4v) is 2.28. The molecule has 1 amide bonds. The van der Waals surface area contributed by atoms with Gasteiger partial charge in [0, 0.05) is 6.92 Å². The molecule has 0 fully saturated rings. The molecule has 1 heterocycles. The number of hydrogen-bond donors (Lipinski definition) is 1. The van der Waals surface area contributed by atoms with Crippen LogP contribution in [0.4, 0.5) is 5.13 Å². The van der Waals surface area contributed by atoms with Crippen LogP contribution in [-0.4, -0.2) is 21.0 Å². The van der Waals surface area contributed by atoms with Gasteiger partial charge in [0.2, 0.25) is 11.0 Å². The zero-order valence-electron chi connectivity index (χ0n) is 9.01. The van der Waals surface area contributed by atoms with E-state index in [1.54, 1.807) is 0 Å². The molecule has 0 bridgehead atoms. The van der Waals surface area contributed by atoms with Crippen molar-refractivity contribution in [2.45, 2.75) is 6.92 Å². The SMILES string of the molecule is CC(=O)Nc1nnc(C(=S)c2ccccc2)s1. The van der Waals surface area contributed by atoms with Gasteiger partial charge in [-0.1, -0.05) is 53.9 Å². The Hall–Kier alpha value is -1.66.